The summed E-state index contributed by atoms with van der Waals surface area (Å²) in [4.78, 5) is 4.15. The lowest BCUT2D eigenvalue weighted by molar-refractivity contribution is -0.143. The highest BCUT2D eigenvalue weighted by molar-refractivity contribution is 7.14. The molecule has 0 saturated carbocycles. The van der Waals surface area contributed by atoms with Gasteiger partial charge < -0.3 is 10.4 Å². The third-order valence-corrected chi connectivity index (χ3v) is 4.26. The van der Waals surface area contributed by atoms with Gasteiger partial charge in [0.05, 0.1) is 16.8 Å². The van der Waals surface area contributed by atoms with Crippen LogP contribution in [0.15, 0.2) is 47.8 Å². The van der Waals surface area contributed by atoms with Crippen LogP contribution >= 0.6 is 11.3 Å². The molecule has 2 N–H and O–H groups in total. The van der Waals surface area contributed by atoms with Gasteiger partial charge in [-0.25, -0.2) is 4.98 Å². The molecule has 142 valence electrons. The van der Waals surface area contributed by atoms with E-state index in [4.69, 9.17) is 0 Å². The Morgan fingerprint density at radius 3 is 1.93 bits per heavy atom. The van der Waals surface area contributed by atoms with E-state index < -0.39 is 23.5 Å². The lowest BCUT2D eigenvalue weighted by Crippen LogP contribution is -2.11. The Labute approximate surface area is 152 Å². The summed E-state index contributed by atoms with van der Waals surface area (Å²) in [5.74, 6) is 0.0518. The van der Waals surface area contributed by atoms with E-state index in [0.29, 0.717) is 23.4 Å². The van der Waals surface area contributed by atoms with Crippen LogP contribution in [0.5, 0.6) is 5.75 Å². The SMILES string of the molecule is Oc1ccc(-c2csc(Nc3cc(C(F)(F)F)cc(C(F)(F)F)c3)n2)cc1. The number of rotatable bonds is 3. The first-order valence-corrected chi connectivity index (χ1v) is 8.22. The molecule has 1 aromatic heterocycles. The molecule has 3 rings (SSSR count). The lowest BCUT2D eigenvalue weighted by Gasteiger charge is -2.14. The molecule has 0 atom stereocenters. The normalized spacial score (nSPS) is 12.2. The predicted molar refractivity (Wildman–Crippen MR) is 88.9 cm³/mol. The van der Waals surface area contributed by atoms with E-state index in [2.05, 4.69) is 10.3 Å². The molecule has 0 bridgehead atoms. The fourth-order valence-electron chi connectivity index (χ4n) is 2.25. The molecule has 0 amide bonds. The highest BCUT2D eigenvalue weighted by Crippen LogP contribution is 2.38. The zero-order valence-corrected chi connectivity index (χ0v) is 14.0. The van der Waals surface area contributed by atoms with Gasteiger partial charge in [0.15, 0.2) is 5.13 Å². The third kappa shape index (κ3) is 4.51. The summed E-state index contributed by atoms with van der Waals surface area (Å²) in [6.07, 6.45) is -9.84. The zero-order valence-electron chi connectivity index (χ0n) is 13.2. The molecule has 0 aliphatic rings. The second-order valence-corrected chi connectivity index (χ2v) is 6.36. The van der Waals surface area contributed by atoms with Crippen LogP contribution in [0.25, 0.3) is 11.3 Å². The number of alkyl halides is 6. The van der Waals surface area contributed by atoms with Crippen LogP contribution in [0.3, 0.4) is 0 Å². The Hall–Kier alpha value is -2.75. The largest absolute Gasteiger partial charge is 0.508 e. The fraction of sp³-hybridized carbons (Fsp3) is 0.118. The molecule has 0 unspecified atom stereocenters. The minimum Gasteiger partial charge on any atom is -0.508 e. The van der Waals surface area contributed by atoms with Gasteiger partial charge in [-0.15, -0.1) is 11.3 Å². The van der Waals surface area contributed by atoms with Crippen molar-refractivity contribution in [3.63, 3.8) is 0 Å². The summed E-state index contributed by atoms with van der Waals surface area (Å²) in [5, 5.41) is 13.5. The number of hydrogen-bond donors (Lipinski definition) is 2. The van der Waals surface area contributed by atoms with Crippen molar-refractivity contribution in [2.75, 3.05) is 5.32 Å². The van der Waals surface area contributed by atoms with E-state index in [1.807, 2.05) is 0 Å². The number of thiazole rings is 1. The van der Waals surface area contributed by atoms with E-state index in [1.165, 1.54) is 12.1 Å². The summed E-state index contributed by atoms with van der Waals surface area (Å²) in [7, 11) is 0. The summed E-state index contributed by atoms with van der Waals surface area (Å²) in [5.41, 5.74) is -2.09. The minimum absolute atomic E-state index is 0.0518. The number of phenols is 1. The molecule has 1 heterocycles. The van der Waals surface area contributed by atoms with Crippen molar-refractivity contribution in [2.24, 2.45) is 0 Å². The molecule has 2 aromatic carbocycles. The van der Waals surface area contributed by atoms with Gasteiger partial charge in [0.2, 0.25) is 0 Å². The van der Waals surface area contributed by atoms with Crippen molar-refractivity contribution in [2.45, 2.75) is 12.4 Å². The maximum absolute atomic E-state index is 12.9. The highest BCUT2D eigenvalue weighted by atomic mass is 32.1. The number of aromatic nitrogens is 1. The summed E-state index contributed by atoms with van der Waals surface area (Å²) < 4.78 is 77.4. The van der Waals surface area contributed by atoms with E-state index in [9.17, 15) is 31.4 Å². The fourth-order valence-corrected chi connectivity index (χ4v) is 2.99. The van der Waals surface area contributed by atoms with Gasteiger partial charge in [-0.3, -0.25) is 0 Å². The first-order valence-electron chi connectivity index (χ1n) is 7.34. The average Bonchev–Trinajstić information content (AvgIpc) is 3.02. The minimum atomic E-state index is -4.92. The Bertz CT molecular complexity index is 915. The quantitative estimate of drug-likeness (QED) is 0.504. The first kappa shape index (κ1) is 19.0. The Kier molecular flexibility index (Phi) is 4.77. The first-order chi connectivity index (χ1) is 12.5. The number of benzene rings is 2. The van der Waals surface area contributed by atoms with E-state index >= 15 is 0 Å². The van der Waals surface area contributed by atoms with Gasteiger partial charge in [0, 0.05) is 16.6 Å². The number of halogens is 6. The van der Waals surface area contributed by atoms with Gasteiger partial charge in [-0.2, -0.15) is 26.3 Å². The van der Waals surface area contributed by atoms with E-state index in [0.717, 1.165) is 11.3 Å². The van der Waals surface area contributed by atoms with Crippen molar-refractivity contribution < 1.29 is 31.4 Å². The van der Waals surface area contributed by atoms with Gasteiger partial charge in [0.1, 0.15) is 5.75 Å². The lowest BCUT2D eigenvalue weighted by atomic mass is 10.1. The molecule has 10 heteroatoms. The number of nitrogens with zero attached hydrogens (tertiary/aromatic N) is 1. The molecule has 3 nitrogen and oxygen atoms in total. The van der Waals surface area contributed by atoms with Gasteiger partial charge in [0.25, 0.3) is 0 Å². The Balaban J connectivity index is 1.92. The topological polar surface area (TPSA) is 45.1 Å². The zero-order chi connectivity index (χ0) is 19.8. The summed E-state index contributed by atoms with van der Waals surface area (Å²) in [6.45, 7) is 0. The predicted octanol–water partition coefficient (Wildman–Crippen LogP) is 6.30. The Morgan fingerprint density at radius 2 is 1.41 bits per heavy atom. The van der Waals surface area contributed by atoms with Crippen LogP contribution in [0.2, 0.25) is 0 Å². The van der Waals surface area contributed by atoms with Crippen LogP contribution in [-0.2, 0) is 12.4 Å². The number of anilines is 2. The molecular formula is C17H10F6N2OS. The van der Waals surface area contributed by atoms with Crippen LogP contribution in [0.1, 0.15) is 11.1 Å². The Morgan fingerprint density at radius 1 is 0.852 bits per heavy atom. The van der Waals surface area contributed by atoms with Crippen LogP contribution < -0.4 is 5.32 Å². The summed E-state index contributed by atoms with van der Waals surface area (Å²) >= 11 is 1.02. The van der Waals surface area contributed by atoms with Crippen molar-refractivity contribution in [1.29, 1.82) is 0 Å². The van der Waals surface area contributed by atoms with Crippen LogP contribution in [0.4, 0.5) is 37.2 Å². The molecule has 27 heavy (non-hydrogen) atoms. The van der Waals surface area contributed by atoms with Crippen molar-refractivity contribution in [3.8, 4) is 17.0 Å². The smallest absolute Gasteiger partial charge is 0.416 e. The molecule has 0 radical (unpaired) electrons. The van der Waals surface area contributed by atoms with Crippen molar-refractivity contribution in [1.82, 2.24) is 4.98 Å². The monoisotopic (exact) mass is 404 g/mol. The standard InChI is InChI=1S/C17H10F6N2OS/c18-16(19,20)10-5-11(17(21,22)23)7-12(6-10)24-15-25-14(8-27-15)9-1-3-13(26)4-2-9/h1-8,26H,(H,24,25). The molecule has 0 aliphatic carbocycles. The van der Waals surface area contributed by atoms with Crippen molar-refractivity contribution >= 4 is 22.2 Å². The molecular weight excluding hydrogens is 394 g/mol. The summed E-state index contributed by atoms with van der Waals surface area (Å²) in [6, 6.07) is 7.29. The third-order valence-electron chi connectivity index (χ3n) is 3.51. The molecule has 3 aromatic rings. The number of nitrogens with one attached hydrogen (secondary N) is 1. The van der Waals surface area contributed by atoms with Gasteiger partial charge in [-0.05, 0) is 42.5 Å². The maximum atomic E-state index is 12.9. The second-order valence-electron chi connectivity index (χ2n) is 5.50. The number of phenolic OH excluding ortho intramolecular Hbond substituents is 1. The molecule has 0 spiro atoms. The maximum Gasteiger partial charge on any atom is 0.416 e. The van der Waals surface area contributed by atoms with Crippen LogP contribution in [0, 0.1) is 0 Å². The van der Waals surface area contributed by atoms with E-state index in [1.54, 1.807) is 17.5 Å². The van der Waals surface area contributed by atoms with Crippen molar-refractivity contribution in [3.05, 3.63) is 59.0 Å². The number of hydrogen-bond acceptors (Lipinski definition) is 4. The highest BCUT2D eigenvalue weighted by Gasteiger charge is 2.37. The second kappa shape index (κ2) is 6.76. The van der Waals surface area contributed by atoms with Gasteiger partial charge >= 0.3 is 12.4 Å². The van der Waals surface area contributed by atoms with Crippen LogP contribution in [-0.4, -0.2) is 10.1 Å². The number of aromatic hydroxyl groups is 1. The molecule has 0 aliphatic heterocycles. The van der Waals surface area contributed by atoms with E-state index in [-0.39, 0.29) is 22.6 Å². The average molecular weight is 404 g/mol. The molecule has 0 saturated heterocycles. The van der Waals surface area contributed by atoms with Gasteiger partial charge in [-0.1, -0.05) is 0 Å². The molecule has 0 fully saturated rings.